The lowest BCUT2D eigenvalue weighted by Gasteiger charge is -2.16. The number of ether oxygens (including phenoxy) is 1. The van der Waals surface area contributed by atoms with Crippen molar-refractivity contribution < 1.29 is 4.74 Å². The van der Waals surface area contributed by atoms with Crippen molar-refractivity contribution in [2.45, 2.75) is 112 Å². The number of aryl methyl sites for hydroxylation is 1. The van der Waals surface area contributed by atoms with Crippen LogP contribution in [0.15, 0.2) is 23.3 Å². The Bertz CT molecular complexity index is 667. The zero-order valence-electron chi connectivity index (χ0n) is 21.8. The average Bonchev–Trinajstić information content (AvgIpc) is 2.73. The van der Waals surface area contributed by atoms with Gasteiger partial charge in [0.05, 0.1) is 13.2 Å². The Kier molecular flexibility index (Phi) is 15.0. The third kappa shape index (κ3) is 13.7. The number of azide groups is 1. The highest BCUT2D eigenvalue weighted by atomic mass is 16.5. The van der Waals surface area contributed by atoms with E-state index < -0.39 is 0 Å². The Hall–Kier alpha value is -1.67. The fourth-order valence-electron chi connectivity index (χ4n) is 4.36. The summed E-state index contributed by atoms with van der Waals surface area (Å²) < 4.78 is 5.96. The first-order chi connectivity index (χ1) is 15.3. The molecule has 0 radical (unpaired) electrons. The van der Waals surface area contributed by atoms with Gasteiger partial charge in [0.15, 0.2) is 0 Å². The molecule has 1 rings (SSSR count). The molecule has 0 amide bonds. The number of rotatable bonds is 18. The van der Waals surface area contributed by atoms with Crippen LogP contribution in [-0.4, -0.2) is 6.61 Å². The molecule has 0 bridgehead atoms. The molecule has 0 fully saturated rings. The molecule has 0 aliphatic rings. The van der Waals surface area contributed by atoms with Gasteiger partial charge in [0, 0.05) is 4.91 Å². The van der Waals surface area contributed by atoms with Gasteiger partial charge in [0.1, 0.15) is 5.75 Å². The van der Waals surface area contributed by atoms with Crippen molar-refractivity contribution in [2.24, 2.45) is 28.8 Å². The van der Waals surface area contributed by atoms with Crippen molar-refractivity contribution in [1.29, 1.82) is 0 Å². The average molecular weight is 444 g/mol. The molecular formula is C28H49N3O. The molecule has 4 nitrogen and oxygen atoms in total. The Labute approximate surface area is 198 Å². The van der Waals surface area contributed by atoms with Crippen molar-refractivity contribution in [1.82, 2.24) is 0 Å². The lowest BCUT2D eigenvalue weighted by molar-refractivity contribution is 0.274. The summed E-state index contributed by atoms with van der Waals surface area (Å²) in [5.41, 5.74) is 10.6. The molecule has 0 aromatic heterocycles. The van der Waals surface area contributed by atoms with Crippen LogP contribution in [0.5, 0.6) is 5.75 Å². The van der Waals surface area contributed by atoms with Gasteiger partial charge >= 0.3 is 0 Å². The monoisotopic (exact) mass is 443 g/mol. The first kappa shape index (κ1) is 28.4. The van der Waals surface area contributed by atoms with Crippen LogP contribution in [0, 0.1) is 30.6 Å². The largest absolute Gasteiger partial charge is 0.494 e. The van der Waals surface area contributed by atoms with Gasteiger partial charge in [0.2, 0.25) is 0 Å². The zero-order chi connectivity index (χ0) is 23.8. The van der Waals surface area contributed by atoms with Crippen LogP contribution >= 0.6 is 0 Å². The molecule has 0 spiro atoms. The standard InChI is InChI=1S/C28H49N3O/c1-22(2)10-7-11-23(3)12-8-13-24(4)14-9-15-25(5)18-19-32-28-17-16-27(21-30-31-29)26(6)20-28/h16-17,20,22-25H,7-15,18-19,21H2,1-6H3. The molecule has 182 valence electrons. The Morgan fingerprint density at radius 2 is 1.34 bits per heavy atom. The van der Waals surface area contributed by atoms with Gasteiger partial charge in [-0.3, -0.25) is 0 Å². The maximum atomic E-state index is 8.46. The van der Waals surface area contributed by atoms with Crippen molar-refractivity contribution >= 4 is 0 Å². The molecule has 0 aliphatic carbocycles. The van der Waals surface area contributed by atoms with Gasteiger partial charge < -0.3 is 4.74 Å². The molecule has 0 heterocycles. The summed E-state index contributed by atoms with van der Waals surface area (Å²) in [6.07, 6.45) is 13.5. The second-order valence-electron chi connectivity index (χ2n) is 10.6. The minimum atomic E-state index is 0.398. The molecule has 4 heteroatoms. The highest BCUT2D eigenvalue weighted by Gasteiger charge is 2.09. The minimum absolute atomic E-state index is 0.398. The van der Waals surface area contributed by atoms with Crippen LogP contribution < -0.4 is 4.74 Å². The predicted molar refractivity (Wildman–Crippen MR) is 138 cm³/mol. The lowest BCUT2D eigenvalue weighted by atomic mass is 9.91. The first-order valence-electron chi connectivity index (χ1n) is 13.0. The van der Waals surface area contributed by atoms with Gasteiger partial charge in [0.25, 0.3) is 0 Å². The topological polar surface area (TPSA) is 58.0 Å². The van der Waals surface area contributed by atoms with Crippen LogP contribution in [0.4, 0.5) is 0 Å². The first-order valence-corrected chi connectivity index (χ1v) is 13.0. The highest BCUT2D eigenvalue weighted by molar-refractivity contribution is 5.34. The number of hydrogen-bond donors (Lipinski definition) is 0. The SMILES string of the molecule is Cc1cc(OCCC(C)CCCC(C)CCCC(C)CCCC(C)C)ccc1CN=[N+]=[N-]. The van der Waals surface area contributed by atoms with Gasteiger partial charge in [-0.15, -0.1) is 0 Å². The zero-order valence-corrected chi connectivity index (χ0v) is 21.8. The summed E-state index contributed by atoms with van der Waals surface area (Å²) >= 11 is 0. The molecule has 0 aliphatic heterocycles. The minimum Gasteiger partial charge on any atom is -0.494 e. The van der Waals surface area contributed by atoms with Gasteiger partial charge in [-0.1, -0.05) is 104 Å². The quantitative estimate of drug-likeness (QED) is 0.126. The summed E-state index contributed by atoms with van der Waals surface area (Å²) in [4.78, 5) is 2.83. The molecular weight excluding hydrogens is 394 g/mol. The molecule has 0 N–H and O–H groups in total. The Balaban J connectivity index is 2.11. The highest BCUT2D eigenvalue weighted by Crippen LogP contribution is 2.23. The third-order valence-electron chi connectivity index (χ3n) is 6.76. The van der Waals surface area contributed by atoms with E-state index in [1.54, 1.807) is 0 Å². The second kappa shape index (κ2) is 16.9. The fourth-order valence-corrected chi connectivity index (χ4v) is 4.36. The van der Waals surface area contributed by atoms with E-state index in [1.807, 2.05) is 25.1 Å². The Morgan fingerprint density at radius 1 is 0.812 bits per heavy atom. The van der Waals surface area contributed by atoms with E-state index in [2.05, 4.69) is 44.6 Å². The molecule has 32 heavy (non-hydrogen) atoms. The van der Waals surface area contributed by atoms with Gasteiger partial charge in [-0.2, -0.15) is 0 Å². The summed E-state index contributed by atoms with van der Waals surface area (Å²) in [6, 6.07) is 6.02. The van der Waals surface area contributed by atoms with E-state index in [4.69, 9.17) is 10.3 Å². The van der Waals surface area contributed by atoms with Crippen molar-refractivity contribution in [3.05, 3.63) is 39.8 Å². The van der Waals surface area contributed by atoms with E-state index in [9.17, 15) is 0 Å². The van der Waals surface area contributed by atoms with E-state index in [0.29, 0.717) is 12.5 Å². The molecule has 3 unspecified atom stereocenters. The number of nitrogens with zero attached hydrogens (tertiary/aromatic N) is 3. The maximum absolute atomic E-state index is 8.46. The van der Waals surface area contributed by atoms with Crippen LogP contribution in [-0.2, 0) is 6.54 Å². The van der Waals surface area contributed by atoms with E-state index in [1.165, 1.54) is 57.8 Å². The van der Waals surface area contributed by atoms with Crippen molar-refractivity contribution in [3.8, 4) is 5.75 Å². The van der Waals surface area contributed by atoms with Crippen LogP contribution in [0.3, 0.4) is 0 Å². The molecule has 1 aromatic rings. The number of benzene rings is 1. The summed E-state index contributed by atoms with van der Waals surface area (Å²) in [5.74, 6) is 4.21. The van der Waals surface area contributed by atoms with E-state index in [0.717, 1.165) is 47.7 Å². The maximum Gasteiger partial charge on any atom is 0.119 e. The van der Waals surface area contributed by atoms with Crippen LogP contribution in [0.1, 0.15) is 110 Å². The predicted octanol–water partition coefficient (Wildman–Crippen LogP) is 9.65. The van der Waals surface area contributed by atoms with Crippen molar-refractivity contribution in [3.63, 3.8) is 0 Å². The lowest BCUT2D eigenvalue weighted by Crippen LogP contribution is -2.06. The van der Waals surface area contributed by atoms with E-state index in [-0.39, 0.29) is 0 Å². The normalized spacial score (nSPS) is 14.1. The summed E-state index contributed by atoms with van der Waals surface area (Å²) in [6.45, 7) is 15.1. The fraction of sp³-hybridized carbons (Fsp3) is 0.786. The van der Waals surface area contributed by atoms with Crippen molar-refractivity contribution in [2.75, 3.05) is 6.61 Å². The molecule has 1 aromatic carbocycles. The number of hydrogen-bond acceptors (Lipinski definition) is 2. The second-order valence-corrected chi connectivity index (χ2v) is 10.6. The van der Waals surface area contributed by atoms with Crippen LogP contribution in [0.25, 0.3) is 10.4 Å². The Morgan fingerprint density at radius 3 is 1.84 bits per heavy atom. The van der Waals surface area contributed by atoms with Crippen LogP contribution in [0.2, 0.25) is 0 Å². The third-order valence-corrected chi connectivity index (χ3v) is 6.76. The molecule has 0 saturated carbocycles. The summed E-state index contributed by atoms with van der Waals surface area (Å²) in [7, 11) is 0. The van der Waals surface area contributed by atoms with Gasteiger partial charge in [-0.05, 0) is 65.8 Å². The molecule has 3 atom stereocenters. The molecule has 0 saturated heterocycles. The smallest absolute Gasteiger partial charge is 0.119 e. The van der Waals surface area contributed by atoms with Gasteiger partial charge in [-0.25, -0.2) is 0 Å². The van der Waals surface area contributed by atoms with E-state index >= 15 is 0 Å². The summed E-state index contributed by atoms with van der Waals surface area (Å²) in [5, 5.41) is 3.64.